The highest BCUT2D eigenvalue weighted by atomic mass is 32.2. The first-order valence-corrected chi connectivity index (χ1v) is 9.33. The lowest BCUT2D eigenvalue weighted by atomic mass is 9.76. The van der Waals surface area contributed by atoms with E-state index in [-0.39, 0.29) is 11.7 Å². The first kappa shape index (κ1) is 15.3. The van der Waals surface area contributed by atoms with E-state index in [2.05, 4.69) is 0 Å². The number of hydrogen-bond donors (Lipinski definition) is 0. The van der Waals surface area contributed by atoms with Gasteiger partial charge in [0.1, 0.15) is 5.75 Å². The summed E-state index contributed by atoms with van der Waals surface area (Å²) in [5.74, 6) is 0.891. The maximum Gasteiger partial charge on any atom is 0.233 e. The first-order valence-electron chi connectivity index (χ1n) is 7.62. The van der Waals surface area contributed by atoms with Gasteiger partial charge in [0.15, 0.2) is 9.84 Å². The monoisotopic (exact) mass is 323 g/mol. The Bertz CT molecular complexity index is 694. The summed E-state index contributed by atoms with van der Waals surface area (Å²) in [6.45, 7) is 4.71. The summed E-state index contributed by atoms with van der Waals surface area (Å²) in [4.78, 5) is 14.6. The molecule has 2 heterocycles. The van der Waals surface area contributed by atoms with E-state index in [0.717, 1.165) is 11.3 Å². The van der Waals surface area contributed by atoms with Crippen molar-refractivity contribution in [2.24, 2.45) is 0 Å². The van der Waals surface area contributed by atoms with Crippen molar-refractivity contribution in [3.63, 3.8) is 0 Å². The van der Waals surface area contributed by atoms with Gasteiger partial charge in [0.05, 0.1) is 17.3 Å². The van der Waals surface area contributed by atoms with Crippen LogP contribution in [0.1, 0.15) is 25.8 Å². The molecule has 1 fully saturated rings. The van der Waals surface area contributed by atoms with Gasteiger partial charge in [0.25, 0.3) is 0 Å². The molecule has 1 amide bonds. The Labute approximate surface area is 131 Å². The number of nitrogens with zero attached hydrogens (tertiary/aromatic N) is 1. The van der Waals surface area contributed by atoms with Crippen molar-refractivity contribution >= 4 is 15.7 Å². The third-order valence-corrected chi connectivity index (χ3v) is 6.98. The van der Waals surface area contributed by atoms with E-state index in [9.17, 15) is 13.2 Å². The minimum atomic E-state index is -3.06. The second-order valence-corrected chi connectivity index (χ2v) is 8.78. The number of fused-ring (bicyclic) bond motifs is 1. The Kier molecular flexibility index (Phi) is 3.67. The molecule has 2 aliphatic rings. The average molecular weight is 323 g/mol. The van der Waals surface area contributed by atoms with Crippen LogP contribution in [-0.4, -0.2) is 49.9 Å². The number of benzene rings is 1. The molecule has 0 aliphatic carbocycles. The highest BCUT2D eigenvalue weighted by molar-refractivity contribution is 7.92. The number of carbonyl (C=O) groups excluding carboxylic acids is 1. The molecular weight excluding hydrogens is 302 g/mol. The Balaban J connectivity index is 1.80. The first-order chi connectivity index (χ1) is 10.4. The molecule has 1 unspecified atom stereocenters. The van der Waals surface area contributed by atoms with E-state index in [1.165, 1.54) is 0 Å². The van der Waals surface area contributed by atoms with E-state index in [4.69, 9.17) is 4.74 Å². The minimum Gasteiger partial charge on any atom is -0.493 e. The molecule has 0 N–H and O–H groups in total. The molecule has 3 rings (SSSR count). The average Bonchev–Trinajstić information content (AvgIpc) is 2.46. The van der Waals surface area contributed by atoms with E-state index in [0.29, 0.717) is 26.1 Å². The lowest BCUT2D eigenvalue weighted by molar-refractivity contribution is -0.141. The maximum absolute atomic E-state index is 12.9. The van der Waals surface area contributed by atoms with Gasteiger partial charge in [0.2, 0.25) is 5.91 Å². The zero-order chi connectivity index (χ0) is 16.0. The molecule has 2 aliphatic heterocycles. The van der Waals surface area contributed by atoms with Crippen LogP contribution >= 0.6 is 0 Å². The van der Waals surface area contributed by atoms with Gasteiger partial charge >= 0.3 is 0 Å². The van der Waals surface area contributed by atoms with Crippen LogP contribution < -0.4 is 4.74 Å². The molecule has 0 spiro atoms. The van der Waals surface area contributed by atoms with Gasteiger partial charge in [-0.2, -0.15) is 0 Å². The standard InChI is InChI=1S/C16H21NO4S/c1-3-22(19,20)12-10-17(11-12)15(18)16(2)8-9-21-14-7-5-4-6-13(14)16/h4-7,12H,3,8-11H2,1-2H3. The molecule has 0 aromatic heterocycles. The molecule has 22 heavy (non-hydrogen) atoms. The third-order valence-electron chi connectivity index (χ3n) is 4.86. The maximum atomic E-state index is 12.9. The highest BCUT2D eigenvalue weighted by Gasteiger charge is 2.47. The van der Waals surface area contributed by atoms with Crippen molar-refractivity contribution in [2.45, 2.75) is 30.9 Å². The van der Waals surface area contributed by atoms with Gasteiger partial charge in [-0.1, -0.05) is 25.1 Å². The number of sulfone groups is 1. The van der Waals surface area contributed by atoms with Crippen molar-refractivity contribution in [3.8, 4) is 5.75 Å². The topological polar surface area (TPSA) is 63.7 Å². The zero-order valence-electron chi connectivity index (χ0n) is 12.9. The van der Waals surface area contributed by atoms with E-state index in [1.807, 2.05) is 31.2 Å². The Morgan fingerprint density at radius 1 is 1.36 bits per heavy atom. The fourth-order valence-corrected chi connectivity index (χ4v) is 4.47. The van der Waals surface area contributed by atoms with Crippen molar-refractivity contribution in [1.82, 2.24) is 4.90 Å². The summed E-state index contributed by atoms with van der Waals surface area (Å²) in [5.41, 5.74) is 0.267. The van der Waals surface area contributed by atoms with Gasteiger partial charge in [0, 0.05) is 24.4 Å². The number of likely N-dealkylation sites (tertiary alicyclic amines) is 1. The number of ether oxygens (including phenoxy) is 1. The molecule has 1 saturated heterocycles. The van der Waals surface area contributed by atoms with Crippen LogP contribution in [0.25, 0.3) is 0 Å². The lowest BCUT2D eigenvalue weighted by Crippen LogP contribution is -2.61. The summed E-state index contributed by atoms with van der Waals surface area (Å²) in [6.07, 6.45) is 0.616. The highest BCUT2D eigenvalue weighted by Crippen LogP contribution is 2.40. The normalized spacial score (nSPS) is 25.1. The molecule has 120 valence electrons. The molecule has 1 aromatic carbocycles. The second kappa shape index (κ2) is 5.26. The Hall–Kier alpha value is -1.56. The van der Waals surface area contributed by atoms with Gasteiger partial charge in [-0.05, 0) is 19.4 Å². The van der Waals surface area contributed by atoms with Crippen LogP contribution in [0.3, 0.4) is 0 Å². The van der Waals surface area contributed by atoms with Crippen LogP contribution in [-0.2, 0) is 20.0 Å². The largest absolute Gasteiger partial charge is 0.493 e. The molecule has 0 bridgehead atoms. The van der Waals surface area contributed by atoms with Gasteiger partial charge in [-0.3, -0.25) is 4.79 Å². The van der Waals surface area contributed by atoms with Crippen molar-refractivity contribution in [2.75, 3.05) is 25.4 Å². The summed E-state index contributed by atoms with van der Waals surface area (Å²) in [5, 5.41) is -0.403. The van der Waals surface area contributed by atoms with Crippen LogP contribution in [0.15, 0.2) is 24.3 Å². The van der Waals surface area contributed by atoms with Gasteiger partial charge in [-0.25, -0.2) is 8.42 Å². The van der Waals surface area contributed by atoms with Crippen molar-refractivity contribution < 1.29 is 17.9 Å². The minimum absolute atomic E-state index is 0.00537. The SMILES string of the molecule is CCS(=O)(=O)C1CN(C(=O)C2(C)CCOc3ccccc32)C1. The van der Waals surface area contributed by atoms with Crippen LogP contribution in [0.4, 0.5) is 0 Å². The van der Waals surface area contributed by atoms with Crippen LogP contribution in [0.5, 0.6) is 5.75 Å². The smallest absolute Gasteiger partial charge is 0.233 e. The molecule has 1 aromatic rings. The van der Waals surface area contributed by atoms with E-state index < -0.39 is 20.5 Å². The third kappa shape index (κ3) is 2.29. The number of hydrogen-bond acceptors (Lipinski definition) is 4. The molecule has 6 heteroatoms. The second-order valence-electron chi connectivity index (χ2n) is 6.21. The lowest BCUT2D eigenvalue weighted by Gasteiger charge is -2.45. The molecule has 5 nitrogen and oxygen atoms in total. The predicted molar refractivity (Wildman–Crippen MR) is 83.7 cm³/mol. The van der Waals surface area contributed by atoms with Crippen LogP contribution in [0.2, 0.25) is 0 Å². The van der Waals surface area contributed by atoms with E-state index >= 15 is 0 Å². The van der Waals surface area contributed by atoms with Crippen molar-refractivity contribution in [3.05, 3.63) is 29.8 Å². The van der Waals surface area contributed by atoms with Crippen LogP contribution in [0, 0.1) is 0 Å². The Morgan fingerprint density at radius 2 is 2.05 bits per heavy atom. The van der Waals surface area contributed by atoms with Crippen molar-refractivity contribution in [1.29, 1.82) is 0 Å². The Morgan fingerprint density at radius 3 is 2.73 bits per heavy atom. The quantitative estimate of drug-likeness (QED) is 0.843. The molecule has 0 radical (unpaired) electrons. The molecule has 1 atom stereocenters. The fraction of sp³-hybridized carbons (Fsp3) is 0.562. The van der Waals surface area contributed by atoms with Gasteiger partial charge < -0.3 is 9.64 Å². The number of amides is 1. The summed E-state index contributed by atoms with van der Waals surface area (Å²) >= 11 is 0. The zero-order valence-corrected chi connectivity index (χ0v) is 13.7. The summed E-state index contributed by atoms with van der Waals surface area (Å²) in [6, 6.07) is 7.59. The summed E-state index contributed by atoms with van der Waals surface area (Å²) < 4.78 is 29.3. The number of carbonyl (C=O) groups is 1. The summed E-state index contributed by atoms with van der Waals surface area (Å²) in [7, 11) is -3.06. The van der Waals surface area contributed by atoms with Gasteiger partial charge in [-0.15, -0.1) is 0 Å². The number of rotatable bonds is 3. The molecular formula is C16H21NO4S. The van der Waals surface area contributed by atoms with E-state index in [1.54, 1.807) is 11.8 Å². The fourth-order valence-electron chi connectivity index (χ4n) is 3.19. The number of para-hydroxylation sites is 1. The molecule has 0 saturated carbocycles. The predicted octanol–water partition coefficient (Wildman–Crippen LogP) is 1.37.